The van der Waals surface area contributed by atoms with Crippen LogP contribution in [-0.2, 0) is 11.3 Å². The van der Waals surface area contributed by atoms with Gasteiger partial charge >= 0.3 is 0 Å². The molecule has 5 nitrogen and oxygen atoms in total. The van der Waals surface area contributed by atoms with Gasteiger partial charge in [0.25, 0.3) is 0 Å². The lowest BCUT2D eigenvalue weighted by molar-refractivity contribution is -0.122. The van der Waals surface area contributed by atoms with E-state index in [9.17, 15) is 4.79 Å². The summed E-state index contributed by atoms with van der Waals surface area (Å²) in [4.78, 5) is 16.1. The van der Waals surface area contributed by atoms with Crippen molar-refractivity contribution in [2.24, 2.45) is 10.9 Å². The second kappa shape index (κ2) is 12.5. The summed E-state index contributed by atoms with van der Waals surface area (Å²) >= 11 is 1.69. The summed E-state index contributed by atoms with van der Waals surface area (Å²) in [5.41, 5.74) is 1.25. The van der Waals surface area contributed by atoms with E-state index in [4.69, 9.17) is 0 Å². The van der Waals surface area contributed by atoms with E-state index >= 15 is 0 Å². The summed E-state index contributed by atoms with van der Waals surface area (Å²) in [6, 6.07) is 2.09. The monoisotopic (exact) mass is 464 g/mol. The number of nitrogens with zero attached hydrogens (tertiary/aromatic N) is 1. The average molecular weight is 464 g/mol. The van der Waals surface area contributed by atoms with Gasteiger partial charge in [0, 0.05) is 33.1 Å². The van der Waals surface area contributed by atoms with Crippen LogP contribution in [0.4, 0.5) is 0 Å². The van der Waals surface area contributed by atoms with Gasteiger partial charge in [-0.3, -0.25) is 9.79 Å². The Morgan fingerprint density at radius 1 is 1.21 bits per heavy atom. The molecule has 136 valence electrons. The fourth-order valence-corrected chi connectivity index (χ4v) is 3.58. The predicted octanol–water partition coefficient (Wildman–Crippen LogP) is 3.12. The number of amides is 1. The molecule has 0 aliphatic heterocycles. The van der Waals surface area contributed by atoms with Crippen molar-refractivity contribution in [3.63, 3.8) is 0 Å². The van der Waals surface area contributed by atoms with Crippen LogP contribution in [0.2, 0.25) is 0 Å². The van der Waals surface area contributed by atoms with Crippen LogP contribution in [0.1, 0.15) is 44.1 Å². The molecule has 0 saturated heterocycles. The Morgan fingerprint density at radius 2 is 1.96 bits per heavy atom. The number of halogens is 1. The van der Waals surface area contributed by atoms with Crippen LogP contribution in [0.15, 0.2) is 21.8 Å². The van der Waals surface area contributed by atoms with E-state index in [0.29, 0.717) is 25.4 Å². The summed E-state index contributed by atoms with van der Waals surface area (Å²) in [6.45, 7) is 2.07. The van der Waals surface area contributed by atoms with E-state index in [1.165, 1.54) is 37.7 Å². The predicted molar refractivity (Wildman–Crippen MR) is 112 cm³/mol. The Balaban J connectivity index is 0.00000288. The molecule has 24 heavy (non-hydrogen) atoms. The molecule has 7 heteroatoms. The largest absolute Gasteiger partial charge is 0.355 e. The third kappa shape index (κ3) is 8.32. The highest BCUT2D eigenvalue weighted by atomic mass is 127. The first-order valence-corrected chi connectivity index (χ1v) is 9.44. The lowest BCUT2D eigenvalue weighted by atomic mass is 9.87. The van der Waals surface area contributed by atoms with Crippen LogP contribution in [0.3, 0.4) is 0 Å². The van der Waals surface area contributed by atoms with Gasteiger partial charge in [-0.15, -0.1) is 24.0 Å². The zero-order valence-corrected chi connectivity index (χ0v) is 17.5. The first kappa shape index (κ1) is 21.2. The van der Waals surface area contributed by atoms with Crippen LogP contribution in [0.25, 0.3) is 0 Å². The van der Waals surface area contributed by atoms with Gasteiger partial charge in [-0.05, 0) is 41.1 Å². The molecule has 0 spiro atoms. The van der Waals surface area contributed by atoms with Gasteiger partial charge in [0.2, 0.25) is 5.91 Å². The maximum Gasteiger partial charge on any atom is 0.220 e. The number of rotatable bonds is 7. The van der Waals surface area contributed by atoms with Crippen LogP contribution < -0.4 is 16.0 Å². The van der Waals surface area contributed by atoms with Crippen molar-refractivity contribution >= 4 is 47.2 Å². The van der Waals surface area contributed by atoms with Gasteiger partial charge in [0.05, 0.1) is 0 Å². The molecule has 0 aromatic carbocycles. The number of guanidine groups is 1. The lowest BCUT2D eigenvalue weighted by Gasteiger charge is -2.20. The topological polar surface area (TPSA) is 65.5 Å². The van der Waals surface area contributed by atoms with Gasteiger partial charge in [-0.1, -0.05) is 19.3 Å². The van der Waals surface area contributed by atoms with Gasteiger partial charge < -0.3 is 16.0 Å². The first-order chi connectivity index (χ1) is 11.3. The Bertz CT molecular complexity index is 487. The van der Waals surface area contributed by atoms with Crippen molar-refractivity contribution in [3.8, 4) is 0 Å². The fourth-order valence-electron chi connectivity index (χ4n) is 2.91. The molecule has 1 aliphatic rings. The maximum absolute atomic E-state index is 11.9. The number of hydrogen-bond donors (Lipinski definition) is 3. The molecule has 0 radical (unpaired) electrons. The fraction of sp³-hybridized carbons (Fsp3) is 0.647. The Kier molecular flexibility index (Phi) is 11.1. The van der Waals surface area contributed by atoms with Gasteiger partial charge in [-0.2, -0.15) is 11.3 Å². The lowest BCUT2D eigenvalue weighted by Crippen LogP contribution is -2.41. The Hall–Kier alpha value is -0.830. The molecule has 0 atom stereocenters. The van der Waals surface area contributed by atoms with Crippen molar-refractivity contribution in [1.82, 2.24) is 16.0 Å². The molecule has 0 bridgehead atoms. The van der Waals surface area contributed by atoms with E-state index in [1.54, 1.807) is 18.4 Å². The van der Waals surface area contributed by atoms with Crippen LogP contribution >= 0.6 is 35.3 Å². The van der Waals surface area contributed by atoms with E-state index in [2.05, 4.69) is 37.8 Å². The van der Waals surface area contributed by atoms with Crippen LogP contribution in [-0.4, -0.2) is 32.0 Å². The highest BCUT2D eigenvalue weighted by molar-refractivity contribution is 14.0. The normalized spacial score (nSPS) is 15.5. The molecule has 1 amide bonds. The van der Waals surface area contributed by atoms with Gasteiger partial charge in [-0.25, -0.2) is 0 Å². The number of carbonyl (C=O) groups is 1. The Morgan fingerprint density at radius 3 is 2.62 bits per heavy atom. The zero-order valence-electron chi connectivity index (χ0n) is 14.3. The highest BCUT2D eigenvalue weighted by Gasteiger charge is 2.16. The second-order valence-corrected chi connectivity index (χ2v) is 6.82. The van der Waals surface area contributed by atoms with Crippen molar-refractivity contribution in [2.75, 3.05) is 20.1 Å². The smallest absolute Gasteiger partial charge is 0.220 e. The maximum atomic E-state index is 11.9. The molecule has 1 saturated carbocycles. The van der Waals surface area contributed by atoms with Gasteiger partial charge in [0.1, 0.15) is 0 Å². The standard InChI is InChI=1S/C17H28N4OS.HI/c1-18-17(21-12-15-7-10-23-13-15)20-9-8-19-16(22)11-14-5-3-2-4-6-14;/h7,10,13-14H,2-6,8-9,11-12H2,1H3,(H,19,22)(H2,18,20,21);1H. The number of nitrogens with one attached hydrogen (secondary N) is 3. The molecule has 0 unspecified atom stereocenters. The molecule has 3 N–H and O–H groups in total. The van der Waals surface area contributed by atoms with Gasteiger partial charge in [0.15, 0.2) is 5.96 Å². The minimum atomic E-state index is 0. The number of thiophene rings is 1. The molecular weight excluding hydrogens is 435 g/mol. The molecule has 2 rings (SSSR count). The summed E-state index contributed by atoms with van der Waals surface area (Å²) in [6.07, 6.45) is 7.01. The van der Waals surface area contributed by atoms with Crippen molar-refractivity contribution in [2.45, 2.75) is 45.1 Å². The molecular formula is C17H29IN4OS. The minimum Gasteiger partial charge on any atom is -0.355 e. The van der Waals surface area contributed by atoms with Crippen molar-refractivity contribution < 1.29 is 4.79 Å². The summed E-state index contributed by atoms with van der Waals surface area (Å²) in [5.74, 6) is 1.54. The molecule has 1 fully saturated rings. The number of hydrogen-bond acceptors (Lipinski definition) is 3. The summed E-state index contributed by atoms with van der Waals surface area (Å²) in [5, 5.41) is 13.7. The third-order valence-corrected chi connectivity index (χ3v) is 4.93. The summed E-state index contributed by atoms with van der Waals surface area (Å²) in [7, 11) is 1.75. The van der Waals surface area contributed by atoms with Crippen molar-refractivity contribution in [3.05, 3.63) is 22.4 Å². The number of aliphatic imine (C=N–C) groups is 1. The van der Waals surface area contributed by atoms with E-state index in [-0.39, 0.29) is 29.9 Å². The minimum absolute atomic E-state index is 0. The average Bonchev–Trinajstić information content (AvgIpc) is 3.08. The molecule has 1 heterocycles. The molecule has 1 aromatic rings. The quantitative estimate of drug-likeness (QED) is 0.252. The van der Waals surface area contributed by atoms with Crippen LogP contribution in [0.5, 0.6) is 0 Å². The van der Waals surface area contributed by atoms with E-state index in [0.717, 1.165) is 12.5 Å². The number of carbonyl (C=O) groups excluding carboxylic acids is 1. The van der Waals surface area contributed by atoms with Crippen LogP contribution in [0, 0.1) is 5.92 Å². The Labute approximate surface area is 166 Å². The highest BCUT2D eigenvalue weighted by Crippen LogP contribution is 2.25. The molecule has 1 aromatic heterocycles. The zero-order chi connectivity index (χ0) is 16.3. The third-order valence-electron chi connectivity index (χ3n) is 4.20. The first-order valence-electron chi connectivity index (χ1n) is 8.50. The van der Waals surface area contributed by atoms with E-state index in [1.807, 2.05) is 0 Å². The SMILES string of the molecule is CN=C(NCCNC(=O)CC1CCCCC1)NCc1ccsc1.I. The van der Waals surface area contributed by atoms with E-state index < -0.39 is 0 Å². The van der Waals surface area contributed by atoms with Crippen molar-refractivity contribution in [1.29, 1.82) is 0 Å². The summed E-state index contributed by atoms with van der Waals surface area (Å²) < 4.78 is 0. The molecule has 1 aliphatic carbocycles. The second-order valence-electron chi connectivity index (χ2n) is 6.04.